The van der Waals surface area contributed by atoms with Gasteiger partial charge >= 0.3 is 0 Å². The van der Waals surface area contributed by atoms with Gasteiger partial charge in [-0.15, -0.1) is 0 Å². The lowest BCUT2D eigenvalue weighted by atomic mass is 10.1. The van der Waals surface area contributed by atoms with E-state index in [-0.39, 0.29) is 0 Å². The Bertz CT molecular complexity index is 1290. The highest BCUT2D eigenvalue weighted by atomic mass is 35.5. The fourth-order valence-electron chi connectivity index (χ4n) is 3.22. The second-order valence-electron chi connectivity index (χ2n) is 6.53. The zero-order valence-corrected chi connectivity index (χ0v) is 16.3. The third-order valence-electron chi connectivity index (χ3n) is 4.68. The summed E-state index contributed by atoms with van der Waals surface area (Å²) in [5, 5.41) is 5.44. The van der Waals surface area contributed by atoms with Crippen LogP contribution in [0.3, 0.4) is 0 Å². The maximum atomic E-state index is 6.10. The van der Waals surface area contributed by atoms with Crippen molar-refractivity contribution < 1.29 is 9.15 Å². The number of halogens is 1. The molecule has 2 heterocycles. The molecule has 0 amide bonds. The standard InChI is InChI=1S/C23H16ClN3O2/c1-28-18-10-7-15(8-11-18)22-19(14-27(26-22)17-5-3-2-4-6-17)23-25-20-13-16(24)9-12-21(20)29-23/h2-14H,1H3. The second kappa shape index (κ2) is 7.11. The van der Waals surface area contributed by atoms with Crippen LogP contribution in [0.5, 0.6) is 5.75 Å². The Kier molecular flexibility index (Phi) is 4.30. The third kappa shape index (κ3) is 3.26. The van der Waals surface area contributed by atoms with Crippen molar-refractivity contribution in [2.45, 2.75) is 0 Å². The summed E-state index contributed by atoms with van der Waals surface area (Å²) in [4.78, 5) is 4.64. The SMILES string of the molecule is COc1ccc(-c2nn(-c3ccccc3)cc2-c2nc3cc(Cl)ccc3o2)cc1. The van der Waals surface area contributed by atoms with E-state index in [0.717, 1.165) is 28.3 Å². The summed E-state index contributed by atoms with van der Waals surface area (Å²) < 4.78 is 13.1. The molecule has 5 nitrogen and oxygen atoms in total. The average Bonchev–Trinajstić information content (AvgIpc) is 3.38. The van der Waals surface area contributed by atoms with Gasteiger partial charge in [-0.2, -0.15) is 5.10 Å². The molecule has 5 aromatic rings. The Balaban J connectivity index is 1.70. The molecule has 0 aliphatic heterocycles. The molecular formula is C23H16ClN3O2. The molecule has 5 rings (SSSR count). The first-order valence-electron chi connectivity index (χ1n) is 9.07. The number of hydrogen-bond donors (Lipinski definition) is 0. The quantitative estimate of drug-likeness (QED) is 0.370. The second-order valence-corrected chi connectivity index (χ2v) is 6.97. The first kappa shape index (κ1) is 17.5. The van der Waals surface area contributed by atoms with Crippen molar-refractivity contribution in [3.63, 3.8) is 0 Å². The fraction of sp³-hybridized carbons (Fsp3) is 0.0435. The zero-order valence-electron chi connectivity index (χ0n) is 15.5. The summed E-state index contributed by atoms with van der Waals surface area (Å²) >= 11 is 6.10. The molecule has 0 aliphatic rings. The van der Waals surface area contributed by atoms with Crippen LogP contribution in [0.15, 0.2) is 83.4 Å². The summed E-state index contributed by atoms with van der Waals surface area (Å²) in [6.45, 7) is 0. The molecule has 0 atom stereocenters. The number of oxazole rings is 1. The van der Waals surface area contributed by atoms with E-state index in [0.29, 0.717) is 22.0 Å². The molecule has 0 saturated carbocycles. The topological polar surface area (TPSA) is 53.1 Å². The predicted molar refractivity (Wildman–Crippen MR) is 114 cm³/mol. The minimum atomic E-state index is 0.496. The van der Waals surface area contributed by atoms with E-state index in [2.05, 4.69) is 4.98 Å². The smallest absolute Gasteiger partial charge is 0.231 e. The van der Waals surface area contributed by atoms with E-state index in [1.165, 1.54) is 0 Å². The van der Waals surface area contributed by atoms with Gasteiger partial charge in [0, 0.05) is 16.8 Å². The number of benzene rings is 3. The largest absolute Gasteiger partial charge is 0.497 e. The molecule has 29 heavy (non-hydrogen) atoms. The van der Waals surface area contributed by atoms with Gasteiger partial charge in [0.2, 0.25) is 5.89 Å². The van der Waals surface area contributed by atoms with Crippen LogP contribution in [-0.2, 0) is 0 Å². The number of rotatable bonds is 4. The highest BCUT2D eigenvalue weighted by Crippen LogP contribution is 2.34. The van der Waals surface area contributed by atoms with Gasteiger partial charge in [0.1, 0.15) is 17.0 Å². The average molecular weight is 402 g/mol. The Morgan fingerprint density at radius 2 is 1.76 bits per heavy atom. The lowest BCUT2D eigenvalue weighted by Gasteiger charge is -2.02. The van der Waals surface area contributed by atoms with Crippen LogP contribution >= 0.6 is 11.6 Å². The van der Waals surface area contributed by atoms with Crippen molar-refractivity contribution in [3.8, 4) is 34.1 Å². The maximum absolute atomic E-state index is 6.10. The van der Waals surface area contributed by atoms with Crippen molar-refractivity contribution >= 4 is 22.7 Å². The number of para-hydroxylation sites is 1. The zero-order chi connectivity index (χ0) is 19.8. The van der Waals surface area contributed by atoms with E-state index >= 15 is 0 Å². The molecule has 0 aliphatic carbocycles. The fourth-order valence-corrected chi connectivity index (χ4v) is 3.39. The highest BCUT2D eigenvalue weighted by Gasteiger charge is 2.19. The Labute approximate surface area is 172 Å². The van der Waals surface area contributed by atoms with Gasteiger partial charge in [-0.05, 0) is 54.6 Å². The maximum Gasteiger partial charge on any atom is 0.231 e. The monoisotopic (exact) mass is 401 g/mol. The van der Waals surface area contributed by atoms with Crippen molar-refractivity contribution in [1.82, 2.24) is 14.8 Å². The first-order chi connectivity index (χ1) is 14.2. The number of ether oxygens (including phenoxy) is 1. The van der Waals surface area contributed by atoms with Crippen LogP contribution in [0.2, 0.25) is 5.02 Å². The van der Waals surface area contributed by atoms with E-state index in [1.54, 1.807) is 19.2 Å². The third-order valence-corrected chi connectivity index (χ3v) is 4.91. The lowest BCUT2D eigenvalue weighted by Crippen LogP contribution is -1.94. The van der Waals surface area contributed by atoms with E-state index in [4.69, 9.17) is 25.9 Å². The van der Waals surface area contributed by atoms with E-state index in [1.807, 2.05) is 71.5 Å². The molecule has 0 saturated heterocycles. The summed E-state index contributed by atoms with van der Waals surface area (Å²) in [7, 11) is 1.65. The molecule has 0 N–H and O–H groups in total. The Morgan fingerprint density at radius 3 is 2.52 bits per heavy atom. The van der Waals surface area contributed by atoms with Crippen LogP contribution in [0.1, 0.15) is 0 Å². The van der Waals surface area contributed by atoms with Gasteiger partial charge in [0.25, 0.3) is 0 Å². The van der Waals surface area contributed by atoms with Gasteiger partial charge in [-0.25, -0.2) is 9.67 Å². The molecule has 0 bridgehead atoms. The summed E-state index contributed by atoms with van der Waals surface area (Å²) in [5.74, 6) is 1.28. The molecule has 2 aromatic heterocycles. The minimum Gasteiger partial charge on any atom is -0.497 e. The summed E-state index contributed by atoms with van der Waals surface area (Å²) in [6.07, 6.45) is 1.93. The molecule has 0 fully saturated rings. The molecule has 6 heteroatoms. The molecule has 142 valence electrons. The highest BCUT2D eigenvalue weighted by molar-refractivity contribution is 6.31. The Hall–Kier alpha value is -3.57. The number of aromatic nitrogens is 3. The van der Waals surface area contributed by atoms with Gasteiger partial charge < -0.3 is 9.15 Å². The number of methoxy groups -OCH3 is 1. The number of fused-ring (bicyclic) bond motifs is 1. The van der Waals surface area contributed by atoms with Gasteiger partial charge in [-0.1, -0.05) is 29.8 Å². The van der Waals surface area contributed by atoms with Gasteiger partial charge in [0.15, 0.2) is 5.58 Å². The van der Waals surface area contributed by atoms with Crippen LogP contribution in [0, 0.1) is 0 Å². The number of hydrogen-bond acceptors (Lipinski definition) is 4. The Morgan fingerprint density at radius 1 is 0.966 bits per heavy atom. The predicted octanol–water partition coefficient (Wildman–Crippen LogP) is 6.01. The van der Waals surface area contributed by atoms with Crippen LogP contribution in [0.4, 0.5) is 0 Å². The molecule has 0 unspecified atom stereocenters. The van der Waals surface area contributed by atoms with Crippen molar-refractivity contribution in [2.75, 3.05) is 7.11 Å². The van der Waals surface area contributed by atoms with E-state index in [9.17, 15) is 0 Å². The van der Waals surface area contributed by atoms with Crippen LogP contribution in [0.25, 0.3) is 39.5 Å². The van der Waals surface area contributed by atoms with Gasteiger partial charge in [0.05, 0.1) is 18.4 Å². The normalized spacial score (nSPS) is 11.1. The van der Waals surface area contributed by atoms with Crippen LogP contribution in [-0.4, -0.2) is 21.9 Å². The lowest BCUT2D eigenvalue weighted by molar-refractivity contribution is 0.415. The minimum absolute atomic E-state index is 0.496. The number of nitrogens with zero attached hydrogens (tertiary/aromatic N) is 3. The van der Waals surface area contributed by atoms with Crippen molar-refractivity contribution in [1.29, 1.82) is 0 Å². The van der Waals surface area contributed by atoms with Crippen molar-refractivity contribution in [3.05, 3.63) is 84.0 Å². The molecule has 0 radical (unpaired) electrons. The van der Waals surface area contributed by atoms with Crippen molar-refractivity contribution in [2.24, 2.45) is 0 Å². The van der Waals surface area contributed by atoms with Gasteiger partial charge in [-0.3, -0.25) is 0 Å². The van der Waals surface area contributed by atoms with E-state index < -0.39 is 0 Å². The molecule has 3 aromatic carbocycles. The molecular weight excluding hydrogens is 386 g/mol. The first-order valence-corrected chi connectivity index (χ1v) is 9.45. The summed E-state index contributed by atoms with van der Waals surface area (Å²) in [5.41, 5.74) is 4.85. The van der Waals surface area contributed by atoms with Crippen LogP contribution < -0.4 is 4.74 Å². The summed E-state index contributed by atoms with van der Waals surface area (Å²) in [6, 6.07) is 23.1. The molecule has 0 spiro atoms.